The summed E-state index contributed by atoms with van der Waals surface area (Å²) < 4.78 is 37.7. The molecule has 2 heterocycles. The van der Waals surface area contributed by atoms with Crippen molar-refractivity contribution >= 4 is 23.2 Å². The summed E-state index contributed by atoms with van der Waals surface area (Å²) in [5.41, 5.74) is 0. The zero-order valence-corrected chi connectivity index (χ0v) is 13.0. The van der Waals surface area contributed by atoms with Gasteiger partial charge in [-0.15, -0.1) is 11.3 Å². The van der Waals surface area contributed by atoms with Crippen molar-refractivity contribution in [1.82, 2.24) is 10.6 Å². The third-order valence-corrected chi connectivity index (χ3v) is 4.82. The van der Waals surface area contributed by atoms with Gasteiger partial charge in [0.15, 0.2) is 0 Å². The molecule has 0 bridgehead atoms. The lowest BCUT2D eigenvalue weighted by atomic mass is 9.92. The summed E-state index contributed by atoms with van der Waals surface area (Å²) in [4.78, 5) is 25.9. The topological polar surface area (TPSA) is 58.2 Å². The molecule has 1 fully saturated rings. The van der Waals surface area contributed by atoms with Crippen molar-refractivity contribution in [2.75, 3.05) is 0 Å². The van der Waals surface area contributed by atoms with Gasteiger partial charge in [0.1, 0.15) is 12.0 Å². The Balaban J connectivity index is 1.95. The normalized spacial score (nSPS) is 23.8. The average Bonchev–Trinajstić information content (AvgIpc) is 2.84. The smallest absolute Gasteiger partial charge is 0.348 e. The first kappa shape index (κ1) is 16.8. The van der Waals surface area contributed by atoms with Crippen molar-refractivity contribution in [3.05, 3.63) is 21.9 Å². The van der Waals surface area contributed by atoms with E-state index in [9.17, 15) is 22.8 Å². The third-order valence-electron chi connectivity index (χ3n) is 3.64. The monoisotopic (exact) mass is 334 g/mol. The number of hydrogen-bond acceptors (Lipinski definition) is 3. The molecule has 122 valence electrons. The van der Waals surface area contributed by atoms with Gasteiger partial charge in [-0.1, -0.05) is 0 Å². The van der Waals surface area contributed by atoms with E-state index < -0.39 is 30.0 Å². The number of alkyl halides is 3. The molecule has 4 nitrogen and oxygen atoms in total. The highest BCUT2D eigenvalue weighted by Gasteiger charge is 2.45. The van der Waals surface area contributed by atoms with Crippen LogP contribution in [0, 0.1) is 12.8 Å². The molecule has 22 heavy (non-hydrogen) atoms. The summed E-state index contributed by atoms with van der Waals surface area (Å²) in [7, 11) is 0. The summed E-state index contributed by atoms with van der Waals surface area (Å²) in [5.74, 6) is -2.46. The maximum absolute atomic E-state index is 12.6. The van der Waals surface area contributed by atoms with Crippen LogP contribution in [0.2, 0.25) is 0 Å². The maximum atomic E-state index is 12.6. The summed E-state index contributed by atoms with van der Waals surface area (Å²) in [5, 5.41) is 4.57. The molecule has 2 N–H and O–H groups in total. The van der Waals surface area contributed by atoms with Crippen LogP contribution in [0.5, 0.6) is 0 Å². The summed E-state index contributed by atoms with van der Waals surface area (Å²) in [6.07, 6.45) is -4.85. The Labute approximate surface area is 130 Å². The van der Waals surface area contributed by atoms with Crippen LogP contribution in [-0.2, 0) is 9.59 Å². The second kappa shape index (κ2) is 6.28. The van der Waals surface area contributed by atoms with Gasteiger partial charge in [0, 0.05) is 9.75 Å². The Hall–Kier alpha value is -1.57. The highest BCUT2D eigenvalue weighted by Crippen LogP contribution is 2.29. The van der Waals surface area contributed by atoms with Crippen molar-refractivity contribution in [3.63, 3.8) is 0 Å². The number of carbonyl (C=O) groups is 2. The fourth-order valence-corrected chi connectivity index (χ4v) is 3.26. The lowest BCUT2D eigenvalue weighted by molar-refractivity contribution is -0.171. The largest absolute Gasteiger partial charge is 0.408 e. The van der Waals surface area contributed by atoms with Crippen LogP contribution >= 0.6 is 11.3 Å². The number of carbonyl (C=O) groups excluding carboxylic acids is 2. The third kappa shape index (κ3) is 3.79. The number of thiophene rings is 1. The molecule has 3 atom stereocenters. The lowest BCUT2D eigenvalue weighted by Gasteiger charge is -2.30. The van der Waals surface area contributed by atoms with Gasteiger partial charge in [-0.25, -0.2) is 0 Å². The van der Waals surface area contributed by atoms with E-state index in [-0.39, 0.29) is 18.9 Å². The molecule has 0 unspecified atom stereocenters. The van der Waals surface area contributed by atoms with Gasteiger partial charge in [0.2, 0.25) is 11.8 Å². The Bertz CT molecular complexity index is 571. The molecule has 2 amide bonds. The Morgan fingerprint density at radius 1 is 1.41 bits per heavy atom. The van der Waals surface area contributed by atoms with E-state index in [1.807, 2.05) is 24.4 Å². The molecule has 1 aliphatic heterocycles. The number of halogens is 3. The number of amides is 2. The average molecular weight is 334 g/mol. The molecule has 1 aliphatic rings. The number of rotatable bonds is 3. The first-order valence-corrected chi connectivity index (χ1v) is 7.74. The van der Waals surface area contributed by atoms with Crippen molar-refractivity contribution in [1.29, 1.82) is 0 Å². The van der Waals surface area contributed by atoms with Crippen LogP contribution in [0.3, 0.4) is 0 Å². The maximum Gasteiger partial charge on any atom is 0.408 e. The molecular weight excluding hydrogens is 317 g/mol. The summed E-state index contributed by atoms with van der Waals surface area (Å²) in [6.45, 7) is 3.72. The van der Waals surface area contributed by atoms with E-state index >= 15 is 0 Å². The van der Waals surface area contributed by atoms with E-state index in [2.05, 4.69) is 5.32 Å². The van der Waals surface area contributed by atoms with Gasteiger partial charge >= 0.3 is 6.18 Å². The molecule has 0 spiro atoms. The molecular formula is C14H17F3N2O2S. The molecule has 0 saturated carbocycles. The number of nitrogens with one attached hydrogen (secondary N) is 2. The molecule has 0 radical (unpaired) electrons. The predicted molar refractivity (Wildman–Crippen MR) is 76.3 cm³/mol. The van der Waals surface area contributed by atoms with E-state index in [1.165, 1.54) is 11.3 Å². The zero-order chi connectivity index (χ0) is 16.5. The van der Waals surface area contributed by atoms with Crippen LogP contribution in [-0.4, -0.2) is 24.0 Å². The molecule has 1 saturated heterocycles. The van der Waals surface area contributed by atoms with Crippen LogP contribution in [0.15, 0.2) is 12.1 Å². The first-order chi connectivity index (χ1) is 10.2. The number of piperidine rings is 1. The van der Waals surface area contributed by atoms with Crippen LogP contribution in [0.4, 0.5) is 13.2 Å². The number of hydrogen-bond donors (Lipinski definition) is 2. The van der Waals surface area contributed by atoms with E-state index in [0.29, 0.717) is 0 Å². The van der Waals surface area contributed by atoms with Crippen molar-refractivity contribution in [3.8, 4) is 0 Å². The predicted octanol–water partition coefficient (Wildman–Crippen LogP) is 2.69. The fourth-order valence-electron chi connectivity index (χ4n) is 2.38. The second-order valence-electron chi connectivity index (χ2n) is 5.41. The highest BCUT2D eigenvalue weighted by atomic mass is 32.1. The minimum Gasteiger partial charge on any atom is -0.348 e. The Kier molecular flexibility index (Phi) is 4.79. The van der Waals surface area contributed by atoms with Gasteiger partial charge in [0.25, 0.3) is 0 Å². The molecule has 1 aromatic heterocycles. The molecule has 2 rings (SSSR count). The van der Waals surface area contributed by atoms with Crippen molar-refractivity contribution in [2.45, 2.75) is 44.9 Å². The molecule has 0 aromatic carbocycles. The second-order valence-corrected chi connectivity index (χ2v) is 6.73. The van der Waals surface area contributed by atoms with E-state index in [0.717, 1.165) is 9.75 Å². The van der Waals surface area contributed by atoms with Crippen LogP contribution in [0.25, 0.3) is 0 Å². The van der Waals surface area contributed by atoms with Crippen molar-refractivity contribution in [2.24, 2.45) is 5.92 Å². The minimum atomic E-state index is -4.47. The molecule has 8 heteroatoms. The van der Waals surface area contributed by atoms with Gasteiger partial charge in [-0.3, -0.25) is 9.59 Å². The zero-order valence-electron chi connectivity index (χ0n) is 12.2. The lowest BCUT2D eigenvalue weighted by Crippen LogP contribution is -2.54. The van der Waals surface area contributed by atoms with Gasteiger partial charge in [-0.05, 0) is 38.8 Å². The van der Waals surface area contributed by atoms with E-state index in [4.69, 9.17) is 0 Å². The van der Waals surface area contributed by atoms with Gasteiger partial charge in [0.05, 0.1) is 6.04 Å². The molecule has 1 aromatic rings. The van der Waals surface area contributed by atoms with Crippen molar-refractivity contribution < 1.29 is 22.8 Å². The van der Waals surface area contributed by atoms with Crippen LogP contribution in [0.1, 0.15) is 35.6 Å². The number of aryl methyl sites for hydroxylation is 1. The Morgan fingerprint density at radius 3 is 2.59 bits per heavy atom. The van der Waals surface area contributed by atoms with Crippen LogP contribution < -0.4 is 10.6 Å². The molecule has 0 aliphatic carbocycles. The highest BCUT2D eigenvalue weighted by molar-refractivity contribution is 7.12. The quantitative estimate of drug-likeness (QED) is 0.835. The Morgan fingerprint density at radius 2 is 2.09 bits per heavy atom. The SMILES string of the molecule is Cc1ccc([C@H](C)NC(=O)[C@H]2CC[C@H](C(F)(F)F)NC2=O)s1. The minimum absolute atomic E-state index is 0.0992. The standard InChI is InChI=1S/C14H17F3N2O2S/c1-7-3-5-10(22-7)8(2)18-12(20)9-4-6-11(14(15,16)17)19-13(9)21/h3,5,8-9,11H,4,6H2,1-2H3,(H,18,20)(H,19,21)/t8-,9+,11+/m0/s1. The van der Waals surface area contributed by atoms with E-state index in [1.54, 1.807) is 6.92 Å². The fraction of sp³-hybridized carbons (Fsp3) is 0.571. The van der Waals surface area contributed by atoms with Gasteiger partial charge in [-0.2, -0.15) is 13.2 Å². The van der Waals surface area contributed by atoms with Gasteiger partial charge < -0.3 is 10.6 Å². The first-order valence-electron chi connectivity index (χ1n) is 6.92. The summed E-state index contributed by atoms with van der Waals surface area (Å²) >= 11 is 1.53. The summed E-state index contributed by atoms with van der Waals surface area (Å²) in [6, 6.07) is 1.66.